The fourth-order valence-corrected chi connectivity index (χ4v) is 3.65. The predicted octanol–water partition coefficient (Wildman–Crippen LogP) is 0.821. The highest BCUT2D eigenvalue weighted by molar-refractivity contribution is 5.30. The maximum Gasteiger partial charge on any atom is 0.225 e. The van der Waals surface area contributed by atoms with Crippen molar-refractivity contribution >= 4 is 5.95 Å². The lowest BCUT2D eigenvalue weighted by atomic mass is 9.97. The third-order valence-electron chi connectivity index (χ3n) is 5.09. The topological polar surface area (TPSA) is 72.2 Å². The van der Waals surface area contributed by atoms with Gasteiger partial charge in [-0.15, -0.1) is 10.2 Å². The molecule has 0 radical (unpaired) electrons. The summed E-state index contributed by atoms with van der Waals surface area (Å²) in [4.78, 5) is 13.4. The van der Waals surface area contributed by atoms with Crippen molar-refractivity contribution in [1.29, 1.82) is 0 Å². The van der Waals surface area contributed by atoms with Gasteiger partial charge in [0.05, 0.1) is 19.8 Å². The van der Waals surface area contributed by atoms with Gasteiger partial charge in [-0.05, 0) is 18.9 Å². The van der Waals surface area contributed by atoms with E-state index in [1.54, 1.807) is 12.4 Å². The van der Waals surface area contributed by atoms with Crippen LogP contribution in [0.3, 0.4) is 0 Å². The molecule has 2 aromatic rings. The molecule has 8 heteroatoms. The molecule has 8 nitrogen and oxygen atoms in total. The van der Waals surface area contributed by atoms with Gasteiger partial charge in [-0.2, -0.15) is 0 Å². The van der Waals surface area contributed by atoms with Crippen molar-refractivity contribution in [2.75, 3.05) is 44.3 Å². The van der Waals surface area contributed by atoms with Crippen LogP contribution in [-0.2, 0) is 18.3 Å². The lowest BCUT2D eigenvalue weighted by Gasteiger charge is -2.32. The van der Waals surface area contributed by atoms with Crippen molar-refractivity contribution in [2.24, 2.45) is 7.05 Å². The molecule has 0 aliphatic carbocycles. The summed E-state index contributed by atoms with van der Waals surface area (Å²) in [5.41, 5.74) is 0. The molecule has 2 fully saturated rings. The number of ether oxygens (including phenoxy) is 1. The summed E-state index contributed by atoms with van der Waals surface area (Å²) in [5, 5.41) is 8.98. The summed E-state index contributed by atoms with van der Waals surface area (Å²) in [6.07, 6.45) is 5.85. The summed E-state index contributed by atoms with van der Waals surface area (Å²) >= 11 is 0. The Morgan fingerprint density at radius 1 is 1.12 bits per heavy atom. The molecular formula is C17H25N7O. The first kappa shape index (κ1) is 16.4. The van der Waals surface area contributed by atoms with E-state index in [0.717, 1.165) is 76.4 Å². The van der Waals surface area contributed by atoms with Crippen LogP contribution in [0.25, 0.3) is 0 Å². The molecule has 0 saturated carbocycles. The molecule has 0 N–H and O–H groups in total. The van der Waals surface area contributed by atoms with Crippen molar-refractivity contribution < 1.29 is 4.74 Å². The Hall–Kier alpha value is -2.06. The fourth-order valence-electron chi connectivity index (χ4n) is 3.65. The summed E-state index contributed by atoms with van der Waals surface area (Å²) in [5.74, 6) is 3.28. The molecule has 0 bridgehead atoms. The number of hydrogen-bond acceptors (Lipinski definition) is 7. The van der Waals surface area contributed by atoms with E-state index in [0.29, 0.717) is 5.92 Å². The Morgan fingerprint density at radius 2 is 1.92 bits per heavy atom. The molecule has 2 aliphatic heterocycles. The van der Waals surface area contributed by atoms with Gasteiger partial charge in [-0.25, -0.2) is 9.97 Å². The van der Waals surface area contributed by atoms with Crippen LogP contribution in [0.5, 0.6) is 0 Å². The van der Waals surface area contributed by atoms with Gasteiger partial charge in [-0.1, -0.05) is 0 Å². The van der Waals surface area contributed by atoms with Gasteiger partial charge in [0.25, 0.3) is 0 Å². The van der Waals surface area contributed by atoms with E-state index in [4.69, 9.17) is 4.74 Å². The number of rotatable bonds is 4. The Balaban J connectivity index is 1.46. The molecule has 0 aromatic carbocycles. The van der Waals surface area contributed by atoms with Crippen LogP contribution in [-0.4, -0.2) is 69.0 Å². The van der Waals surface area contributed by atoms with Crippen LogP contribution in [0.4, 0.5) is 5.95 Å². The first-order valence-corrected chi connectivity index (χ1v) is 9.01. The molecule has 2 saturated heterocycles. The summed E-state index contributed by atoms with van der Waals surface area (Å²) < 4.78 is 7.60. The maximum atomic E-state index is 5.42. The quantitative estimate of drug-likeness (QED) is 0.814. The zero-order valence-electron chi connectivity index (χ0n) is 14.7. The SMILES string of the molecule is Cn1c(CN2CCOCC2)nnc1[C@H]1CCCN(c2ncccn2)C1. The van der Waals surface area contributed by atoms with Crippen molar-refractivity contribution in [1.82, 2.24) is 29.6 Å². The second-order valence-corrected chi connectivity index (χ2v) is 6.76. The Labute approximate surface area is 147 Å². The average Bonchev–Trinajstić information content (AvgIpc) is 3.04. The Kier molecular flexibility index (Phi) is 4.89. The van der Waals surface area contributed by atoms with Gasteiger partial charge < -0.3 is 14.2 Å². The summed E-state index contributed by atoms with van der Waals surface area (Å²) in [6.45, 7) is 6.27. The van der Waals surface area contributed by atoms with Gasteiger partial charge in [0.2, 0.25) is 5.95 Å². The zero-order chi connectivity index (χ0) is 17.1. The van der Waals surface area contributed by atoms with E-state index >= 15 is 0 Å². The number of anilines is 1. The lowest BCUT2D eigenvalue weighted by molar-refractivity contribution is 0.0326. The minimum Gasteiger partial charge on any atom is -0.379 e. The van der Waals surface area contributed by atoms with Gasteiger partial charge >= 0.3 is 0 Å². The van der Waals surface area contributed by atoms with E-state index in [9.17, 15) is 0 Å². The molecule has 0 spiro atoms. The highest BCUT2D eigenvalue weighted by atomic mass is 16.5. The van der Waals surface area contributed by atoms with Crippen LogP contribution in [0.2, 0.25) is 0 Å². The van der Waals surface area contributed by atoms with Gasteiger partial charge in [0.15, 0.2) is 0 Å². The molecule has 4 rings (SSSR count). The van der Waals surface area contributed by atoms with Crippen LogP contribution >= 0.6 is 0 Å². The van der Waals surface area contributed by atoms with E-state index in [-0.39, 0.29) is 0 Å². The minimum absolute atomic E-state index is 0.369. The molecular weight excluding hydrogens is 318 g/mol. The van der Waals surface area contributed by atoms with Crippen LogP contribution < -0.4 is 4.90 Å². The largest absolute Gasteiger partial charge is 0.379 e. The van der Waals surface area contributed by atoms with Crippen molar-refractivity contribution in [2.45, 2.75) is 25.3 Å². The molecule has 0 unspecified atom stereocenters. The minimum atomic E-state index is 0.369. The molecule has 0 amide bonds. The van der Waals surface area contributed by atoms with Crippen LogP contribution in [0.1, 0.15) is 30.4 Å². The number of nitrogens with zero attached hydrogens (tertiary/aromatic N) is 7. The van der Waals surface area contributed by atoms with Crippen molar-refractivity contribution in [3.05, 3.63) is 30.1 Å². The number of piperidine rings is 1. The Morgan fingerprint density at radius 3 is 2.72 bits per heavy atom. The summed E-state index contributed by atoms with van der Waals surface area (Å²) in [6, 6.07) is 1.85. The van der Waals surface area contributed by atoms with E-state index in [1.165, 1.54) is 0 Å². The first-order valence-electron chi connectivity index (χ1n) is 9.01. The highest BCUT2D eigenvalue weighted by Crippen LogP contribution is 2.27. The first-order chi connectivity index (χ1) is 12.3. The van der Waals surface area contributed by atoms with Crippen LogP contribution in [0, 0.1) is 0 Å². The van der Waals surface area contributed by atoms with Crippen LogP contribution in [0.15, 0.2) is 18.5 Å². The zero-order valence-corrected chi connectivity index (χ0v) is 14.7. The van der Waals surface area contributed by atoms with Gasteiger partial charge in [0, 0.05) is 51.5 Å². The molecule has 2 aliphatic rings. The van der Waals surface area contributed by atoms with Gasteiger partial charge in [0.1, 0.15) is 11.6 Å². The normalized spacial score (nSPS) is 22.3. The molecule has 25 heavy (non-hydrogen) atoms. The maximum absolute atomic E-state index is 5.42. The number of aromatic nitrogens is 5. The molecule has 1 atom stereocenters. The Bertz CT molecular complexity index is 684. The predicted molar refractivity (Wildman–Crippen MR) is 93.3 cm³/mol. The lowest BCUT2D eigenvalue weighted by Crippen LogP contribution is -2.37. The summed E-state index contributed by atoms with van der Waals surface area (Å²) in [7, 11) is 2.09. The number of morpholine rings is 1. The monoisotopic (exact) mass is 343 g/mol. The molecule has 134 valence electrons. The van der Waals surface area contributed by atoms with Crippen molar-refractivity contribution in [3.8, 4) is 0 Å². The standard InChI is InChI=1S/C17H25N7O/c1-22-15(13-23-8-10-25-11-9-23)20-21-16(22)14-4-2-7-24(12-14)17-18-5-3-6-19-17/h3,5-6,14H,2,4,7-13H2,1H3/t14-/m0/s1. The van der Waals surface area contributed by atoms with E-state index < -0.39 is 0 Å². The van der Waals surface area contributed by atoms with Crippen molar-refractivity contribution in [3.63, 3.8) is 0 Å². The highest BCUT2D eigenvalue weighted by Gasteiger charge is 2.27. The second-order valence-electron chi connectivity index (χ2n) is 6.76. The second kappa shape index (κ2) is 7.45. The molecule has 2 aromatic heterocycles. The van der Waals surface area contributed by atoms with E-state index in [2.05, 4.69) is 41.6 Å². The van der Waals surface area contributed by atoms with E-state index in [1.807, 2.05) is 6.07 Å². The number of hydrogen-bond donors (Lipinski definition) is 0. The fraction of sp³-hybridized carbons (Fsp3) is 0.647. The average molecular weight is 343 g/mol. The third-order valence-corrected chi connectivity index (χ3v) is 5.09. The van der Waals surface area contributed by atoms with Gasteiger partial charge in [-0.3, -0.25) is 4.90 Å². The smallest absolute Gasteiger partial charge is 0.225 e. The molecule has 4 heterocycles. The third kappa shape index (κ3) is 3.64.